The van der Waals surface area contributed by atoms with E-state index in [0.29, 0.717) is 5.92 Å². The Kier molecular flexibility index (Phi) is 4.03. The van der Waals surface area contributed by atoms with Crippen LogP contribution < -0.4 is 4.74 Å². The maximum Gasteiger partial charge on any atom is 0.129 e. The Morgan fingerprint density at radius 1 is 1.24 bits per heavy atom. The fourth-order valence-corrected chi connectivity index (χ4v) is 1.92. The molecule has 0 amide bonds. The molecule has 0 saturated heterocycles. The van der Waals surface area contributed by atoms with Crippen molar-refractivity contribution < 1.29 is 4.74 Å². The second kappa shape index (κ2) is 4.95. The molecule has 94 valence electrons. The number of rotatable bonds is 3. The predicted molar refractivity (Wildman–Crippen MR) is 75.9 cm³/mol. The number of methoxy groups -OCH3 is 1. The van der Waals surface area contributed by atoms with E-state index in [1.807, 2.05) is 6.08 Å². The molecule has 1 nitrogen and oxygen atoms in total. The van der Waals surface area contributed by atoms with Gasteiger partial charge in [0, 0.05) is 5.56 Å². The molecule has 0 atom stereocenters. The minimum atomic E-state index is 0.146. The lowest BCUT2D eigenvalue weighted by atomic mass is 9.83. The van der Waals surface area contributed by atoms with Crippen LogP contribution in [0.4, 0.5) is 0 Å². The zero-order valence-electron chi connectivity index (χ0n) is 11.9. The van der Waals surface area contributed by atoms with E-state index in [2.05, 4.69) is 53.3 Å². The number of hydrogen-bond donors (Lipinski definition) is 0. The first kappa shape index (κ1) is 13.8. The van der Waals surface area contributed by atoms with Gasteiger partial charge in [0.25, 0.3) is 0 Å². The highest BCUT2D eigenvalue weighted by Crippen LogP contribution is 2.35. The summed E-state index contributed by atoms with van der Waals surface area (Å²) in [6.07, 6.45) is 1.87. The largest absolute Gasteiger partial charge is 0.496 e. The van der Waals surface area contributed by atoms with Crippen LogP contribution in [0.15, 0.2) is 18.7 Å². The third kappa shape index (κ3) is 2.91. The molecule has 0 aliphatic heterocycles. The first-order valence-corrected chi connectivity index (χ1v) is 6.16. The van der Waals surface area contributed by atoms with Crippen molar-refractivity contribution in [3.05, 3.63) is 35.4 Å². The molecule has 0 aromatic heterocycles. The standard InChI is InChI=1S/C16H24O/c1-8-12-9-13(16(4,5)6)10-14(11(2)3)15(12)17-7/h8-11H,1H2,2-7H3. The molecule has 0 radical (unpaired) electrons. The van der Waals surface area contributed by atoms with Gasteiger partial charge in [0.1, 0.15) is 5.75 Å². The van der Waals surface area contributed by atoms with Crippen LogP contribution in [-0.2, 0) is 5.41 Å². The minimum Gasteiger partial charge on any atom is -0.496 e. The normalized spacial score (nSPS) is 11.7. The molecule has 0 N–H and O–H groups in total. The number of ether oxygens (including phenoxy) is 1. The molecule has 0 aliphatic rings. The van der Waals surface area contributed by atoms with E-state index in [4.69, 9.17) is 4.74 Å². The van der Waals surface area contributed by atoms with E-state index < -0.39 is 0 Å². The monoisotopic (exact) mass is 232 g/mol. The van der Waals surface area contributed by atoms with Gasteiger partial charge in [-0.05, 0) is 28.5 Å². The van der Waals surface area contributed by atoms with Gasteiger partial charge in [0.15, 0.2) is 0 Å². The van der Waals surface area contributed by atoms with Gasteiger partial charge in [-0.3, -0.25) is 0 Å². The molecule has 0 aliphatic carbocycles. The summed E-state index contributed by atoms with van der Waals surface area (Å²) < 4.78 is 5.53. The Morgan fingerprint density at radius 2 is 1.82 bits per heavy atom. The highest BCUT2D eigenvalue weighted by atomic mass is 16.5. The average molecular weight is 232 g/mol. The Morgan fingerprint density at radius 3 is 2.18 bits per heavy atom. The Hall–Kier alpha value is -1.24. The van der Waals surface area contributed by atoms with E-state index in [0.717, 1.165) is 11.3 Å². The fourth-order valence-electron chi connectivity index (χ4n) is 1.92. The zero-order chi connectivity index (χ0) is 13.2. The zero-order valence-corrected chi connectivity index (χ0v) is 11.9. The maximum atomic E-state index is 5.53. The van der Waals surface area contributed by atoms with Crippen LogP contribution in [0, 0.1) is 0 Å². The third-order valence-corrected chi connectivity index (χ3v) is 3.06. The van der Waals surface area contributed by atoms with Crippen molar-refractivity contribution in [2.75, 3.05) is 7.11 Å². The van der Waals surface area contributed by atoms with Crippen molar-refractivity contribution in [1.82, 2.24) is 0 Å². The van der Waals surface area contributed by atoms with Gasteiger partial charge >= 0.3 is 0 Å². The molecule has 0 saturated carbocycles. The second-order valence-electron chi connectivity index (χ2n) is 5.80. The Bertz CT molecular complexity index is 408. The molecule has 1 rings (SSSR count). The molecule has 1 aromatic rings. The lowest BCUT2D eigenvalue weighted by molar-refractivity contribution is 0.406. The summed E-state index contributed by atoms with van der Waals surface area (Å²) in [4.78, 5) is 0. The highest BCUT2D eigenvalue weighted by Gasteiger charge is 2.19. The molecule has 0 bridgehead atoms. The quantitative estimate of drug-likeness (QED) is 0.730. The van der Waals surface area contributed by atoms with Crippen LogP contribution in [0.25, 0.3) is 6.08 Å². The minimum absolute atomic E-state index is 0.146. The van der Waals surface area contributed by atoms with E-state index in [1.54, 1.807) is 7.11 Å². The second-order valence-corrected chi connectivity index (χ2v) is 5.80. The van der Waals surface area contributed by atoms with Crippen LogP contribution in [0.5, 0.6) is 5.75 Å². The number of benzene rings is 1. The molecule has 1 heteroatoms. The van der Waals surface area contributed by atoms with Gasteiger partial charge in [-0.2, -0.15) is 0 Å². The van der Waals surface area contributed by atoms with Gasteiger partial charge in [0.2, 0.25) is 0 Å². The maximum absolute atomic E-state index is 5.53. The molecule has 17 heavy (non-hydrogen) atoms. The van der Waals surface area contributed by atoms with E-state index in [1.165, 1.54) is 11.1 Å². The predicted octanol–water partition coefficient (Wildman–Crippen LogP) is 4.76. The van der Waals surface area contributed by atoms with Crippen LogP contribution in [0.2, 0.25) is 0 Å². The van der Waals surface area contributed by atoms with E-state index >= 15 is 0 Å². The smallest absolute Gasteiger partial charge is 0.129 e. The molecular weight excluding hydrogens is 208 g/mol. The van der Waals surface area contributed by atoms with Crippen molar-refractivity contribution in [1.29, 1.82) is 0 Å². The van der Waals surface area contributed by atoms with Crippen molar-refractivity contribution in [3.63, 3.8) is 0 Å². The summed E-state index contributed by atoms with van der Waals surface area (Å²) in [7, 11) is 1.73. The third-order valence-electron chi connectivity index (χ3n) is 3.06. The highest BCUT2D eigenvalue weighted by molar-refractivity contribution is 5.61. The first-order chi connectivity index (χ1) is 7.81. The van der Waals surface area contributed by atoms with Crippen LogP contribution >= 0.6 is 0 Å². The summed E-state index contributed by atoms with van der Waals surface area (Å²) in [5.41, 5.74) is 3.82. The van der Waals surface area contributed by atoms with Gasteiger partial charge in [-0.1, -0.05) is 53.3 Å². The summed E-state index contributed by atoms with van der Waals surface area (Å²) in [6, 6.07) is 4.44. The van der Waals surface area contributed by atoms with Gasteiger partial charge in [-0.25, -0.2) is 0 Å². The summed E-state index contributed by atoms with van der Waals surface area (Å²) in [5, 5.41) is 0. The lowest BCUT2D eigenvalue weighted by Gasteiger charge is -2.24. The van der Waals surface area contributed by atoms with Crippen LogP contribution in [-0.4, -0.2) is 7.11 Å². The average Bonchev–Trinajstić information content (AvgIpc) is 2.25. The van der Waals surface area contributed by atoms with Crippen LogP contribution in [0.3, 0.4) is 0 Å². The molecule has 0 fully saturated rings. The first-order valence-electron chi connectivity index (χ1n) is 6.16. The van der Waals surface area contributed by atoms with E-state index in [9.17, 15) is 0 Å². The van der Waals surface area contributed by atoms with Gasteiger partial charge in [-0.15, -0.1) is 0 Å². The van der Waals surface area contributed by atoms with Crippen LogP contribution in [0.1, 0.15) is 57.2 Å². The van der Waals surface area contributed by atoms with Gasteiger partial charge < -0.3 is 4.74 Å². The van der Waals surface area contributed by atoms with Crippen molar-refractivity contribution >= 4 is 6.08 Å². The summed E-state index contributed by atoms with van der Waals surface area (Å²) >= 11 is 0. The lowest BCUT2D eigenvalue weighted by Crippen LogP contribution is -2.13. The topological polar surface area (TPSA) is 9.23 Å². The molecule has 1 aromatic carbocycles. The van der Waals surface area contributed by atoms with Crippen molar-refractivity contribution in [3.8, 4) is 5.75 Å². The van der Waals surface area contributed by atoms with Gasteiger partial charge in [0.05, 0.1) is 7.11 Å². The fraction of sp³-hybridized carbons (Fsp3) is 0.500. The van der Waals surface area contributed by atoms with Crippen molar-refractivity contribution in [2.24, 2.45) is 0 Å². The Balaban J connectivity index is 3.51. The molecular formula is C16H24O. The SMILES string of the molecule is C=Cc1cc(C(C)(C)C)cc(C(C)C)c1OC. The number of hydrogen-bond acceptors (Lipinski definition) is 1. The molecule has 0 spiro atoms. The van der Waals surface area contributed by atoms with Crippen molar-refractivity contribution in [2.45, 2.75) is 46.0 Å². The summed E-state index contributed by atoms with van der Waals surface area (Å²) in [5.74, 6) is 1.41. The molecule has 0 unspecified atom stereocenters. The van der Waals surface area contributed by atoms with E-state index in [-0.39, 0.29) is 5.41 Å². The molecule has 0 heterocycles. The summed E-state index contributed by atoms with van der Waals surface area (Å²) in [6.45, 7) is 15.0. The Labute approximate surface area is 106 Å².